The number of ether oxygens (including phenoxy) is 3. The molecule has 254 valence electrons. The smallest absolute Gasteiger partial charge is 0.416 e. The summed E-state index contributed by atoms with van der Waals surface area (Å²) in [6.45, 7) is 4.51. The molecule has 3 amide bonds. The Bertz CT molecular complexity index is 1420. The lowest BCUT2D eigenvalue weighted by atomic mass is 9.88. The normalized spacial score (nSPS) is 16.5. The number of hydrogen-bond acceptors (Lipinski definition) is 7. The Morgan fingerprint density at radius 2 is 1.52 bits per heavy atom. The molecule has 1 aliphatic heterocycles. The van der Waals surface area contributed by atoms with Gasteiger partial charge in [-0.1, -0.05) is 0 Å². The highest BCUT2D eigenvalue weighted by molar-refractivity contribution is 5.99. The fourth-order valence-electron chi connectivity index (χ4n) is 5.43. The summed E-state index contributed by atoms with van der Waals surface area (Å²) in [5.74, 6) is -0.437. The molecular formula is C30H36F6N4O6. The SMILES string of the molecule is CCOC(=O)N1c2cc(OC)c(C(=O)N(CC)N(C)C)cc2C(N(Cc2cc(C(F)(F)F)cc(C(F)(F)F)c2)C(=O)OC)CC1C. The van der Waals surface area contributed by atoms with Gasteiger partial charge in [0.05, 0.1) is 49.2 Å². The van der Waals surface area contributed by atoms with Gasteiger partial charge in [0.2, 0.25) is 0 Å². The molecule has 0 saturated carbocycles. The van der Waals surface area contributed by atoms with E-state index in [0.29, 0.717) is 12.1 Å². The molecule has 0 saturated heterocycles. The highest BCUT2D eigenvalue weighted by atomic mass is 19.4. The molecule has 2 aromatic carbocycles. The van der Waals surface area contributed by atoms with Crippen LogP contribution < -0.4 is 9.64 Å². The largest absolute Gasteiger partial charge is 0.496 e. The molecule has 10 nitrogen and oxygen atoms in total. The minimum Gasteiger partial charge on any atom is -0.496 e. The molecule has 2 aromatic rings. The van der Waals surface area contributed by atoms with Crippen molar-refractivity contribution in [1.82, 2.24) is 14.9 Å². The lowest BCUT2D eigenvalue weighted by Crippen LogP contribution is -2.48. The molecule has 0 N–H and O–H groups in total. The van der Waals surface area contributed by atoms with Crippen molar-refractivity contribution >= 4 is 23.8 Å². The number of hydrogen-bond donors (Lipinski definition) is 0. The van der Waals surface area contributed by atoms with E-state index in [9.17, 15) is 40.7 Å². The second kappa shape index (κ2) is 14.1. The molecule has 0 aromatic heterocycles. The van der Waals surface area contributed by atoms with Gasteiger partial charge in [-0.15, -0.1) is 0 Å². The Hall–Kier alpha value is -4.21. The molecule has 2 atom stereocenters. The first-order valence-electron chi connectivity index (χ1n) is 14.2. The number of rotatable bonds is 8. The van der Waals surface area contributed by atoms with Gasteiger partial charge in [0, 0.05) is 39.3 Å². The summed E-state index contributed by atoms with van der Waals surface area (Å²) in [5, 5.41) is 2.92. The molecule has 16 heteroatoms. The molecule has 46 heavy (non-hydrogen) atoms. The van der Waals surface area contributed by atoms with Crippen LogP contribution in [0.1, 0.15) is 65.8 Å². The number of carbonyl (C=O) groups excluding carboxylic acids is 3. The van der Waals surface area contributed by atoms with Crippen molar-refractivity contribution in [3.63, 3.8) is 0 Å². The molecule has 2 unspecified atom stereocenters. The monoisotopic (exact) mass is 662 g/mol. The van der Waals surface area contributed by atoms with Crippen LogP contribution in [0, 0.1) is 0 Å². The molecule has 0 bridgehead atoms. The number of anilines is 1. The highest BCUT2D eigenvalue weighted by Crippen LogP contribution is 2.45. The van der Waals surface area contributed by atoms with Crippen LogP contribution in [0.3, 0.4) is 0 Å². The molecular weight excluding hydrogens is 626 g/mol. The Morgan fingerprint density at radius 3 is 1.98 bits per heavy atom. The van der Waals surface area contributed by atoms with Gasteiger partial charge in [0.15, 0.2) is 0 Å². The Kier molecular flexibility index (Phi) is 11.1. The van der Waals surface area contributed by atoms with Crippen molar-refractivity contribution in [2.45, 2.75) is 58.2 Å². The summed E-state index contributed by atoms with van der Waals surface area (Å²) in [6, 6.07) is 2.08. The van der Waals surface area contributed by atoms with E-state index >= 15 is 0 Å². The van der Waals surface area contributed by atoms with E-state index in [2.05, 4.69) is 0 Å². The third-order valence-electron chi connectivity index (χ3n) is 7.47. The van der Waals surface area contributed by atoms with Gasteiger partial charge in [-0.3, -0.25) is 19.6 Å². The molecule has 3 rings (SSSR count). The minimum atomic E-state index is -5.11. The zero-order chi connectivity index (χ0) is 34.7. The van der Waals surface area contributed by atoms with Gasteiger partial charge >= 0.3 is 24.5 Å². The summed E-state index contributed by atoms with van der Waals surface area (Å²) in [4.78, 5) is 42.3. The fraction of sp³-hybridized carbons (Fsp3) is 0.500. The number of alkyl halides is 6. The topological polar surface area (TPSA) is 91.9 Å². The van der Waals surface area contributed by atoms with Crippen LogP contribution in [0.5, 0.6) is 5.75 Å². The van der Waals surface area contributed by atoms with Gasteiger partial charge in [-0.05, 0) is 62.6 Å². The molecule has 1 heterocycles. The average Bonchev–Trinajstić information content (AvgIpc) is 2.97. The van der Waals surface area contributed by atoms with Crippen LogP contribution in [-0.4, -0.2) is 80.5 Å². The maximum absolute atomic E-state index is 13.7. The van der Waals surface area contributed by atoms with E-state index < -0.39 is 65.8 Å². The molecule has 1 aliphatic rings. The highest BCUT2D eigenvalue weighted by Gasteiger charge is 2.42. The maximum atomic E-state index is 13.7. The quantitative estimate of drug-likeness (QED) is 0.229. The third-order valence-corrected chi connectivity index (χ3v) is 7.47. The van der Waals surface area contributed by atoms with Crippen molar-refractivity contribution in [2.75, 3.05) is 46.4 Å². The van der Waals surface area contributed by atoms with E-state index in [4.69, 9.17) is 14.2 Å². The zero-order valence-electron chi connectivity index (χ0n) is 26.4. The van der Waals surface area contributed by atoms with Gasteiger partial charge in [-0.2, -0.15) is 26.3 Å². The van der Waals surface area contributed by atoms with E-state index in [1.807, 2.05) is 0 Å². The third kappa shape index (κ3) is 7.59. The lowest BCUT2D eigenvalue weighted by molar-refractivity contribution is -0.143. The van der Waals surface area contributed by atoms with Crippen LogP contribution in [-0.2, 0) is 28.4 Å². The van der Waals surface area contributed by atoms with Crippen molar-refractivity contribution in [3.8, 4) is 5.75 Å². The van der Waals surface area contributed by atoms with Crippen LogP contribution in [0.15, 0.2) is 30.3 Å². The summed E-state index contributed by atoms with van der Waals surface area (Å²) in [7, 11) is 5.61. The number of fused-ring (bicyclic) bond motifs is 1. The lowest BCUT2D eigenvalue weighted by Gasteiger charge is -2.43. The van der Waals surface area contributed by atoms with Gasteiger partial charge < -0.3 is 14.2 Å². The minimum absolute atomic E-state index is 0.00438. The number of nitrogens with zero attached hydrogens (tertiary/aromatic N) is 4. The van der Waals surface area contributed by atoms with Crippen LogP contribution >= 0.6 is 0 Å². The summed E-state index contributed by atoms with van der Waals surface area (Å²) in [6.07, 6.45) is -12.1. The van der Waals surface area contributed by atoms with E-state index in [0.717, 1.165) is 12.0 Å². The number of benzene rings is 2. The molecule has 0 spiro atoms. The second-order valence-corrected chi connectivity index (χ2v) is 10.7. The zero-order valence-corrected chi connectivity index (χ0v) is 26.4. The molecule has 0 aliphatic carbocycles. The standard InChI is InChI=1S/C30H36F6N4O6/c1-8-39(37(4)5)26(41)22-14-21-23(10-17(3)40(28(43)46-9-2)24(21)15-25(22)44-6)38(27(42)45-7)16-18-11-19(29(31,32)33)13-20(12-18)30(34,35)36/h11-15,17,23H,8-10,16H2,1-7H3. The number of hydrazine groups is 1. The van der Waals surface area contributed by atoms with Crippen molar-refractivity contribution < 1.29 is 54.9 Å². The first-order valence-corrected chi connectivity index (χ1v) is 14.2. The van der Waals surface area contributed by atoms with E-state index in [-0.39, 0.29) is 48.2 Å². The second-order valence-electron chi connectivity index (χ2n) is 10.7. The summed E-state index contributed by atoms with van der Waals surface area (Å²) < 4.78 is 97.6. The Labute approximate surface area is 262 Å². The number of halogens is 6. The summed E-state index contributed by atoms with van der Waals surface area (Å²) in [5.41, 5.74) is -3.17. The predicted octanol–water partition coefficient (Wildman–Crippen LogP) is 6.74. The predicted molar refractivity (Wildman–Crippen MR) is 154 cm³/mol. The number of amides is 3. The van der Waals surface area contributed by atoms with Gasteiger partial charge in [0.25, 0.3) is 5.91 Å². The van der Waals surface area contributed by atoms with Crippen molar-refractivity contribution in [3.05, 3.63) is 58.1 Å². The first kappa shape index (κ1) is 36.3. The van der Waals surface area contributed by atoms with Crippen LogP contribution in [0.4, 0.5) is 41.6 Å². The molecule has 0 radical (unpaired) electrons. The Balaban J connectivity index is 2.30. The number of methoxy groups -OCH3 is 2. The van der Waals surface area contributed by atoms with Crippen molar-refractivity contribution in [1.29, 1.82) is 0 Å². The molecule has 0 fully saturated rings. The Morgan fingerprint density at radius 1 is 0.935 bits per heavy atom. The van der Waals surface area contributed by atoms with Gasteiger partial charge in [0.1, 0.15) is 5.75 Å². The first-order chi connectivity index (χ1) is 21.4. The van der Waals surface area contributed by atoms with E-state index in [1.165, 1.54) is 29.2 Å². The van der Waals surface area contributed by atoms with Crippen LogP contribution in [0.2, 0.25) is 0 Å². The maximum Gasteiger partial charge on any atom is 0.416 e. The van der Waals surface area contributed by atoms with Crippen LogP contribution in [0.25, 0.3) is 0 Å². The number of carbonyl (C=O) groups is 3. The fourth-order valence-corrected chi connectivity index (χ4v) is 5.43. The average molecular weight is 663 g/mol. The van der Waals surface area contributed by atoms with Gasteiger partial charge in [-0.25, -0.2) is 14.6 Å². The summed E-state index contributed by atoms with van der Waals surface area (Å²) >= 11 is 0. The van der Waals surface area contributed by atoms with E-state index in [1.54, 1.807) is 39.9 Å². The van der Waals surface area contributed by atoms with Crippen molar-refractivity contribution in [2.24, 2.45) is 0 Å².